The molecule has 2 rings (SSSR count). The van der Waals surface area contributed by atoms with Crippen molar-refractivity contribution in [2.24, 2.45) is 0 Å². The van der Waals surface area contributed by atoms with Crippen LogP contribution in [0.1, 0.15) is 19.8 Å². The van der Waals surface area contributed by atoms with E-state index in [2.05, 4.69) is 20.6 Å². The minimum Gasteiger partial charge on any atom is -0.378 e. The lowest BCUT2D eigenvalue weighted by molar-refractivity contribution is -0.0133. The van der Waals surface area contributed by atoms with Crippen LogP contribution in [0.5, 0.6) is 0 Å². The van der Waals surface area contributed by atoms with Crippen molar-refractivity contribution in [1.29, 1.82) is 0 Å². The topological polar surface area (TPSA) is 38.2 Å². The number of halogens is 1. The maximum Gasteiger partial charge on any atom is 0.187 e. The Balaban J connectivity index is 2.03. The van der Waals surface area contributed by atoms with Gasteiger partial charge in [-0.1, -0.05) is 11.6 Å². The van der Waals surface area contributed by atoms with Crippen molar-refractivity contribution in [2.75, 3.05) is 25.1 Å². The first-order valence-electron chi connectivity index (χ1n) is 4.93. The van der Waals surface area contributed by atoms with E-state index in [1.807, 2.05) is 0 Å². The van der Waals surface area contributed by atoms with Crippen molar-refractivity contribution in [3.63, 3.8) is 0 Å². The number of hydrogen-bond acceptors (Lipinski definition) is 5. The Morgan fingerprint density at radius 3 is 2.53 bits per heavy atom. The molecule has 0 saturated carbocycles. The van der Waals surface area contributed by atoms with Gasteiger partial charge in [0.1, 0.15) is 0 Å². The van der Waals surface area contributed by atoms with Gasteiger partial charge in [0, 0.05) is 20.2 Å². The third-order valence-corrected chi connectivity index (χ3v) is 3.92. The summed E-state index contributed by atoms with van der Waals surface area (Å²) in [4.78, 5) is 2.17. The second-order valence-electron chi connectivity index (χ2n) is 4.02. The summed E-state index contributed by atoms with van der Waals surface area (Å²) in [5.74, 6) is 0.819. The molecule has 0 amide bonds. The van der Waals surface area contributed by atoms with Crippen LogP contribution in [0.25, 0.3) is 0 Å². The van der Waals surface area contributed by atoms with E-state index in [4.69, 9.17) is 16.3 Å². The molecule has 1 aromatic heterocycles. The van der Waals surface area contributed by atoms with Gasteiger partial charge in [-0.25, -0.2) is 0 Å². The van der Waals surface area contributed by atoms with Crippen LogP contribution in [0.2, 0.25) is 5.15 Å². The fraction of sp³-hybridized carbons (Fsp3) is 0.778. The third kappa shape index (κ3) is 2.24. The number of hydrogen-bond donors (Lipinski definition) is 0. The Kier molecular flexibility index (Phi) is 3.13. The molecule has 1 aromatic rings. The zero-order valence-corrected chi connectivity index (χ0v) is 10.4. The second kappa shape index (κ2) is 4.23. The van der Waals surface area contributed by atoms with Gasteiger partial charge in [-0.3, -0.25) is 0 Å². The van der Waals surface area contributed by atoms with Gasteiger partial charge in [0.25, 0.3) is 0 Å². The van der Waals surface area contributed by atoms with Crippen molar-refractivity contribution < 1.29 is 4.74 Å². The van der Waals surface area contributed by atoms with E-state index in [1.165, 1.54) is 0 Å². The minimum atomic E-state index is 0.00638. The van der Waals surface area contributed by atoms with Gasteiger partial charge in [0.15, 0.2) is 11.0 Å². The van der Waals surface area contributed by atoms with Gasteiger partial charge in [0.05, 0.1) is 17.3 Å². The van der Waals surface area contributed by atoms with Gasteiger partial charge in [-0.15, -0.1) is 0 Å². The van der Waals surface area contributed by atoms with Crippen LogP contribution in [-0.2, 0) is 4.74 Å². The largest absolute Gasteiger partial charge is 0.378 e. The lowest BCUT2D eigenvalue weighted by Crippen LogP contribution is -2.43. The van der Waals surface area contributed by atoms with E-state index in [9.17, 15) is 0 Å². The molecule has 15 heavy (non-hydrogen) atoms. The molecule has 0 atom stereocenters. The lowest BCUT2D eigenvalue weighted by atomic mass is 9.93. The molecule has 0 aliphatic carbocycles. The Morgan fingerprint density at radius 2 is 2.07 bits per heavy atom. The first kappa shape index (κ1) is 11.1. The Bertz CT molecular complexity index is 336. The van der Waals surface area contributed by atoms with Gasteiger partial charge in [-0.05, 0) is 19.8 Å². The van der Waals surface area contributed by atoms with E-state index >= 15 is 0 Å². The van der Waals surface area contributed by atoms with Crippen LogP contribution in [0.4, 0.5) is 5.82 Å². The second-order valence-corrected chi connectivity index (χ2v) is 4.91. The van der Waals surface area contributed by atoms with Gasteiger partial charge >= 0.3 is 0 Å². The molecule has 1 fully saturated rings. The summed E-state index contributed by atoms with van der Waals surface area (Å²) in [5.41, 5.74) is 0.00638. The normalized spacial score (nSPS) is 20.6. The molecular weight excluding hydrogens is 234 g/mol. The van der Waals surface area contributed by atoms with Crippen LogP contribution < -0.4 is 4.90 Å². The zero-order valence-electron chi connectivity index (χ0n) is 8.86. The van der Waals surface area contributed by atoms with Gasteiger partial charge < -0.3 is 9.64 Å². The molecule has 0 spiro atoms. The number of methoxy groups -OCH3 is 1. The molecule has 1 aliphatic heterocycles. The van der Waals surface area contributed by atoms with Crippen molar-refractivity contribution >= 4 is 29.1 Å². The average Bonchev–Trinajstić information content (AvgIpc) is 2.66. The summed E-state index contributed by atoms with van der Waals surface area (Å²) < 4.78 is 13.6. The zero-order chi connectivity index (χ0) is 10.9. The van der Waals surface area contributed by atoms with Crippen LogP contribution in [0.15, 0.2) is 0 Å². The molecule has 1 saturated heterocycles. The SMILES string of the molecule is COC1(C)CCN(c2nsnc2Cl)CC1. The summed E-state index contributed by atoms with van der Waals surface area (Å²) in [6.45, 7) is 4.00. The summed E-state index contributed by atoms with van der Waals surface area (Å²) in [6.07, 6.45) is 1.99. The predicted molar refractivity (Wildman–Crippen MR) is 61.8 cm³/mol. The van der Waals surface area contributed by atoms with Crippen molar-refractivity contribution in [3.8, 4) is 0 Å². The molecule has 1 aliphatic rings. The van der Waals surface area contributed by atoms with Crippen LogP contribution in [0.3, 0.4) is 0 Å². The highest BCUT2D eigenvalue weighted by molar-refractivity contribution is 6.99. The predicted octanol–water partition coefficient (Wildman–Crippen LogP) is 2.20. The Hall–Kier alpha value is -0.390. The maximum atomic E-state index is 5.94. The molecule has 0 unspecified atom stereocenters. The van der Waals surface area contributed by atoms with Crippen molar-refractivity contribution in [3.05, 3.63) is 5.15 Å². The van der Waals surface area contributed by atoms with E-state index in [-0.39, 0.29) is 5.60 Å². The van der Waals surface area contributed by atoms with E-state index in [0.29, 0.717) is 5.15 Å². The van der Waals surface area contributed by atoms with E-state index in [1.54, 1.807) is 7.11 Å². The quantitative estimate of drug-likeness (QED) is 0.803. The van der Waals surface area contributed by atoms with Crippen LogP contribution in [-0.4, -0.2) is 34.5 Å². The molecule has 0 N–H and O–H groups in total. The summed E-state index contributed by atoms with van der Waals surface area (Å²) in [7, 11) is 1.77. The molecule has 0 radical (unpaired) electrons. The molecule has 6 heteroatoms. The summed E-state index contributed by atoms with van der Waals surface area (Å²) in [6, 6.07) is 0. The summed E-state index contributed by atoms with van der Waals surface area (Å²) in [5, 5.41) is 0.515. The first-order valence-corrected chi connectivity index (χ1v) is 6.04. The fourth-order valence-corrected chi connectivity index (χ4v) is 2.54. The maximum absolute atomic E-state index is 5.94. The highest BCUT2D eigenvalue weighted by Crippen LogP contribution is 2.30. The smallest absolute Gasteiger partial charge is 0.187 e. The molecule has 0 bridgehead atoms. The molecule has 4 nitrogen and oxygen atoms in total. The van der Waals surface area contributed by atoms with Gasteiger partial charge in [-0.2, -0.15) is 8.75 Å². The Labute approximate surface area is 98.5 Å². The minimum absolute atomic E-state index is 0.00638. The third-order valence-electron chi connectivity index (χ3n) is 3.05. The highest BCUT2D eigenvalue weighted by atomic mass is 35.5. The molecule has 84 valence electrons. The lowest BCUT2D eigenvalue weighted by Gasteiger charge is -2.38. The number of piperidine rings is 1. The van der Waals surface area contributed by atoms with Gasteiger partial charge in [0.2, 0.25) is 0 Å². The van der Waals surface area contributed by atoms with Crippen LogP contribution >= 0.6 is 23.3 Å². The van der Waals surface area contributed by atoms with Crippen LogP contribution in [0, 0.1) is 0 Å². The van der Waals surface area contributed by atoms with E-state index < -0.39 is 0 Å². The fourth-order valence-electron chi connectivity index (χ4n) is 1.76. The monoisotopic (exact) mass is 247 g/mol. The van der Waals surface area contributed by atoms with Crippen molar-refractivity contribution in [2.45, 2.75) is 25.4 Å². The number of anilines is 1. The highest BCUT2D eigenvalue weighted by Gasteiger charge is 2.31. The Morgan fingerprint density at radius 1 is 1.40 bits per heavy atom. The first-order chi connectivity index (χ1) is 7.14. The summed E-state index contributed by atoms with van der Waals surface area (Å²) >= 11 is 7.10. The number of nitrogens with zero attached hydrogens (tertiary/aromatic N) is 3. The average molecular weight is 248 g/mol. The number of rotatable bonds is 2. The molecule has 2 heterocycles. The number of ether oxygens (including phenoxy) is 1. The standard InChI is InChI=1S/C9H14ClN3OS/c1-9(14-2)3-5-13(6-4-9)8-7(10)11-15-12-8/h3-6H2,1-2H3. The molecular formula is C9H14ClN3OS. The van der Waals surface area contributed by atoms with Crippen molar-refractivity contribution in [1.82, 2.24) is 8.75 Å². The number of aromatic nitrogens is 2. The molecule has 0 aromatic carbocycles. The van der Waals surface area contributed by atoms with E-state index in [0.717, 1.165) is 43.5 Å².